The van der Waals surface area contributed by atoms with Gasteiger partial charge >= 0.3 is 51.4 Å². The van der Waals surface area contributed by atoms with E-state index in [0.717, 1.165) is 50.6 Å². The number of nitrogens with one attached hydrogen (secondary N) is 1. The molecule has 1 atom stereocenters. The van der Waals surface area contributed by atoms with Crippen LogP contribution in [0.5, 0.6) is 0 Å². The zero-order valence-corrected chi connectivity index (χ0v) is 22.3. The molecule has 0 radical (unpaired) electrons. The van der Waals surface area contributed by atoms with Crippen molar-refractivity contribution in [2.45, 2.75) is 76.5 Å². The average Bonchev–Trinajstić information content (AvgIpc) is 3.24. The molecule has 1 aromatic rings. The molecule has 8 heteroatoms. The van der Waals surface area contributed by atoms with Crippen LogP contribution in [0, 0.1) is 5.41 Å². The van der Waals surface area contributed by atoms with E-state index in [4.69, 9.17) is 0 Å². The summed E-state index contributed by atoms with van der Waals surface area (Å²) in [6.45, 7) is 5.45. The number of sulfonamides is 1. The molecular formula is C22H30KN3O3S. The predicted octanol–water partition coefficient (Wildman–Crippen LogP) is 0.776. The predicted molar refractivity (Wildman–Crippen MR) is 114 cm³/mol. The molecule has 0 bridgehead atoms. The summed E-state index contributed by atoms with van der Waals surface area (Å²) in [6, 6.07) is 2.01. The summed E-state index contributed by atoms with van der Waals surface area (Å²) in [7, 11) is -3.79. The number of urea groups is 1. The second kappa shape index (κ2) is 8.43. The van der Waals surface area contributed by atoms with Crippen molar-refractivity contribution in [1.82, 2.24) is 4.90 Å². The number of hydrogen-bond donors (Lipinski definition) is 1. The van der Waals surface area contributed by atoms with Gasteiger partial charge in [0.1, 0.15) is 0 Å². The van der Waals surface area contributed by atoms with Crippen LogP contribution >= 0.6 is 0 Å². The van der Waals surface area contributed by atoms with Crippen LogP contribution in [-0.2, 0) is 35.7 Å². The van der Waals surface area contributed by atoms with Crippen molar-refractivity contribution in [3.05, 3.63) is 33.0 Å². The normalized spacial score (nSPS) is 24.8. The van der Waals surface area contributed by atoms with Gasteiger partial charge < -0.3 is 10.0 Å². The van der Waals surface area contributed by atoms with E-state index in [1.165, 1.54) is 28.7 Å². The van der Waals surface area contributed by atoms with E-state index in [9.17, 15) is 13.2 Å². The summed E-state index contributed by atoms with van der Waals surface area (Å²) in [6.07, 6.45) is 8.45. The van der Waals surface area contributed by atoms with E-state index < -0.39 is 21.3 Å². The largest absolute Gasteiger partial charge is 1.00 e. The minimum atomic E-state index is -3.79. The smallest absolute Gasteiger partial charge is 0.423 e. The van der Waals surface area contributed by atoms with E-state index in [2.05, 4.69) is 34.9 Å². The minimum Gasteiger partial charge on any atom is -0.423 e. The molecule has 3 aliphatic carbocycles. The number of likely N-dealkylation sites (tertiary alicyclic amines) is 1. The molecule has 1 aromatic carbocycles. The molecule has 0 aromatic heterocycles. The topological polar surface area (TPSA) is 80.6 Å². The Labute approximate surface area is 222 Å². The molecule has 0 spiro atoms. The van der Waals surface area contributed by atoms with Crippen molar-refractivity contribution in [3.8, 4) is 0 Å². The Morgan fingerprint density at radius 3 is 2.20 bits per heavy atom. The maximum atomic E-state index is 12.7. The number of carbonyl (C=O) groups excluding carboxylic acids is 1. The van der Waals surface area contributed by atoms with Crippen LogP contribution in [0.15, 0.2) is 6.07 Å². The molecule has 1 N–H and O–H groups in total. The fraction of sp³-hybridized carbons (Fsp3) is 0.682. The molecule has 1 saturated carbocycles. The van der Waals surface area contributed by atoms with E-state index in [1.54, 1.807) is 0 Å². The Balaban J connectivity index is 0.00000218. The Bertz CT molecular complexity index is 938. The van der Waals surface area contributed by atoms with Crippen molar-refractivity contribution in [2.24, 2.45) is 5.41 Å². The molecule has 1 aliphatic heterocycles. The molecule has 2 fully saturated rings. The van der Waals surface area contributed by atoms with Gasteiger partial charge in [0.15, 0.2) is 16.1 Å². The van der Waals surface area contributed by atoms with E-state index in [1.807, 2.05) is 0 Å². The van der Waals surface area contributed by atoms with Gasteiger partial charge in [-0.05, 0) is 84.7 Å². The van der Waals surface area contributed by atoms with Crippen LogP contribution in [0.2, 0.25) is 0 Å². The number of aryl methyl sites for hydroxylation is 2. The zero-order valence-electron chi connectivity index (χ0n) is 18.3. The third kappa shape index (κ3) is 4.06. The van der Waals surface area contributed by atoms with Crippen molar-refractivity contribution in [2.75, 3.05) is 18.4 Å². The van der Waals surface area contributed by atoms with Gasteiger partial charge in [-0.25, -0.2) is 8.42 Å². The van der Waals surface area contributed by atoms with Gasteiger partial charge in [-0.2, -0.15) is 0 Å². The third-order valence-electron chi connectivity index (χ3n) is 7.62. The van der Waals surface area contributed by atoms with Gasteiger partial charge in [-0.1, -0.05) is 19.9 Å². The van der Waals surface area contributed by atoms with Crippen molar-refractivity contribution in [1.29, 1.82) is 0 Å². The fourth-order valence-corrected chi connectivity index (χ4v) is 6.91. The quantitative estimate of drug-likeness (QED) is 0.681. The number of amides is 2. The molecule has 4 aliphatic rings. The first-order valence-electron chi connectivity index (χ1n) is 10.9. The minimum absolute atomic E-state index is 0. The van der Waals surface area contributed by atoms with Crippen LogP contribution in [0.4, 0.5) is 10.5 Å². The molecule has 1 heterocycles. The number of rotatable bonds is 4. The summed E-state index contributed by atoms with van der Waals surface area (Å²) < 4.78 is 29.0. The van der Waals surface area contributed by atoms with Gasteiger partial charge in [0.2, 0.25) is 0 Å². The van der Waals surface area contributed by atoms with E-state index in [-0.39, 0.29) is 56.8 Å². The monoisotopic (exact) mass is 455 g/mol. The van der Waals surface area contributed by atoms with Crippen molar-refractivity contribution < 1.29 is 64.6 Å². The van der Waals surface area contributed by atoms with Gasteiger partial charge in [-0.3, -0.25) is 9.69 Å². The average molecular weight is 456 g/mol. The number of benzene rings is 1. The van der Waals surface area contributed by atoms with Crippen LogP contribution in [-0.4, -0.2) is 43.7 Å². The third-order valence-corrected chi connectivity index (χ3v) is 9.18. The Morgan fingerprint density at radius 1 is 1.10 bits per heavy atom. The second-order valence-electron chi connectivity index (χ2n) is 9.89. The zero-order chi connectivity index (χ0) is 20.4. The maximum absolute atomic E-state index is 12.7. The van der Waals surface area contributed by atoms with Crippen molar-refractivity contribution in [3.63, 3.8) is 0 Å². The number of fused-ring (bicyclic) bond motifs is 2. The first-order chi connectivity index (χ1) is 13.7. The Kier molecular flexibility index (Phi) is 6.52. The number of carbonyl (C=O) groups is 1. The van der Waals surface area contributed by atoms with Crippen LogP contribution in [0.3, 0.4) is 0 Å². The summed E-state index contributed by atoms with van der Waals surface area (Å²) in [5.41, 5.74) is 6.10. The first kappa shape index (κ1) is 23.2. The molecule has 5 rings (SSSR count). The molecular weight excluding hydrogens is 425 g/mol. The maximum Gasteiger partial charge on any atom is 1.00 e. The first-order valence-corrected chi connectivity index (χ1v) is 12.4. The van der Waals surface area contributed by atoms with E-state index >= 15 is 0 Å². The van der Waals surface area contributed by atoms with E-state index in [0.29, 0.717) is 19.1 Å². The van der Waals surface area contributed by atoms with Gasteiger partial charge in [0.05, 0.1) is 5.25 Å². The Morgan fingerprint density at radius 2 is 1.70 bits per heavy atom. The summed E-state index contributed by atoms with van der Waals surface area (Å²) in [5, 5.41) is 2.31. The second-order valence-corrected chi connectivity index (χ2v) is 11.8. The van der Waals surface area contributed by atoms with Crippen molar-refractivity contribution >= 4 is 21.7 Å². The summed E-state index contributed by atoms with van der Waals surface area (Å²) >= 11 is 0. The molecule has 2 amide bonds. The molecule has 158 valence electrons. The summed E-state index contributed by atoms with van der Waals surface area (Å²) in [5.74, 6) is 0. The number of hydrogen-bond acceptors (Lipinski definition) is 4. The van der Waals surface area contributed by atoms with Gasteiger partial charge in [0, 0.05) is 19.1 Å². The standard InChI is InChI=1S/C22H31N3O3S.K/c1-22(2)10-9-19(22)25-12-16(13-25)29(27,28)24-21(26)23-20-17-7-3-5-14(17)11-15-6-4-8-18(15)20;/h11,16,19H,3-10,12-13H2,1-2H3,(H2,23,24,26);/q;+1/p-1. The molecule has 1 unspecified atom stereocenters. The number of anilines is 1. The number of nitrogens with zero attached hydrogens (tertiary/aromatic N) is 2. The molecule has 30 heavy (non-hydrogen) atoms. The Hall–Kier alpha value is 0.0364. The molecule has 6 nitrogen and oxygen atoms in total. The van der Waals surface area contributed by atoms with Gasteiger partial charge in [0.25, 0.3) is 0 Å². The molecule has 1 saturated heterocycles. The van der Waals surface area contributed by atoms with Crippen LogP contribution in [0.25, 0.3) is 4.72 Å². The summed E-state index contributed by atoms with van der Waals surface area (Å²) in [4.78, 5) is 14.8. The SMILES string of the molecule is CC1(C)CCC1N1CC(S(=O)(=O)[N-]C(=O)Nc2c3c(cc4c2CCC4)CCC3)C1.[K+]. The van der Waals surface area contributed by atoms with Crippen LogP contribution in [0.1, 0.15) is 61.8 Å². The fourth-order valence-electron chi connectivity index (χ4n) is 5.73. The van der Waals surface area contributed by atoms with Crippen LogP contribution < -0.4 is 56.7 Å². The van der Waals surface area contributed by atoms with Gasteiger partial charge in [-0.15, -0.1) is 0 Å².